The monoisotopic (exact) mass is 488 g/mol. The first-order valence-corrected chi connectivity index (χ1v) is 13.1. The zero-order valence-corrected chi connectivity index (χ0v) is 19.9. The number of aryl methyl sites for hydroxylation is 1. The van der Waals surface area contributed by atoms with E-state index in [0.29, 0.717) is 44.5 Å². The molecule has 2 heterocycles. The molecule has 1 saturated heterocycles. The number of hydrogen-bond donors (Lipinski definition) is 1. The molecule has 2 aromatic rings. The smallest absolute Gasteiger partial charge is 0.306 e. The van der Waals surface area contributed by atoms with Gasteiger partial charge in [-0.05, 0) is 79.5 Å². The molecule has 0 saturated carbocycles. The molecule has 1 fully saturated rings. The number of benzene rings is 2. The van der Waals surface area contributed by atoms with Crippen LogP contribution in [0.25, 0.3) is 0 Å². The molecule has 7 nitrogen and oxygen atoms in total. The van der Waals surface area contributed by atoms with Crippen LogP contribution in [-0.4, -0.2) is 44.3 Å². The molecular formula is C25H29FN2O5S. The van der Waals surface area contributed by atoms with E-state index in [1.165, 1.54) is 22.5 Å². The number of nitrogens with one attached hydrogen (secondary N) is 1. The van der Waals surface area contributed by atoms with E-state index in [0.717, 1.165) is 11.1 Å². The molecule has 1 unspecified atom stereocenters. The average Bonchev–Trinajstić information content (AvgIpc) is 2.83. The lowest BCUT2D eigenvalue weighted by Gasteiger charge is -2.35. The first-order chi connectivity index (χ1) is 16.3. The number of halogens is 1. The summed E-state index contributed by atoms with van der Waals surface area (Å²) in [6.45, 7) is 2.71. The molecule has 2 aliphatic rings. The van der Waals surface area contributed by atoms with Gasteiger partial charge in [-0.3, -0.25) is 9.59 Å². The topological polar surface area (TPSA) is 92.8 Å². The van der Waals surface area contributed by atoms with Crippen LogP contribution in [0.15, 0.2) is 47.4 Å². The number of hydrogen-bond acceptors (Lipinski definition) is 5. The molecule has 1 N–H and O–H groups in total. The minimum atomic E-state index is -3.68. The molecule has 34 heavy (non-hydrogen) atoms. The summed E-state index contributed by atoms with van der Waals surface area (Å²) in [4.78, 5) is 24.1. The summed E-state index contributed by atoms with van der Waals surface area (Å²) in [5.41, 5.74) is 2.34. The van der Waals surface area contributed by atoms with E-state index in [4.69, 9.17) is 4.74 Å². The fourth-order valence-electron chi connectivity index (χ4n) is 4.85. The lowest BCUT2D eigenvalue weighted by atomic mass is 9.78. The van der Waals surface area contributed by atoms with E-state index < -0.39 is 10.0 Å². The molecule has 0 spiro atoms. The summed E-state index contributed by atoms with van der Waals surface area (Å²) >= 11 is 0. The zero-order valence-electron chi connectivity index (χ0n) is 19.1. The van der Waals surface area contributed by atoms with Crippen molar-refractivity contribution >= 4 is 27.6 Å². The van der Waals surface area contributed by atoms with Crippen LogP contribution in [0.2, 0.25) is 0 Å². The normalized spacial score (nSPS) is 18.1. The van der Waals surface area contributed by atoms with Crippen molar-refractivity contribution in [1.29, 1.82) is 0 Å². The summed E-state index contributed by atoms with van der Waals surface area (Å²) in [6, 6.07) is 11.0. The molecule has 182 valence electrons. The number of sulfonamides is 1. The van der Waals surface area contributed by atoms with Crippen LogP contribution in [-0.2, 0) is 30.8 Å². The Hall–Kier alpha value is -2.78. The van der Waals surface area contributed by atoms with E-state index >= 15 is 0 Å². The third-order valence-corrected chi connectivity index (χ3v) is 8.56. The highest BCUT2D eigenvalue weighted by Crippen LogP contribution is 2.37. The highest BCUT2D eigenvalue weighted by molar-refractivity contribution is 7.89. The third-order valence-electron chi connectivity index (χ3n) is 6.67. The SMILES string of the molecule is CCOC(=O)CC(c1ccc(F)cc1)C1CCN(S(=O)(=O)c2ccc3c(c2)CCC(=O)N3)CC1. The van der Waals surface area contributed by atoms with Gasteiger partial charge in [0, 0.05) is 25.2 Å². The number of carbonyl (C=O) groups excluding carboxylic acids is 2. The van der Waals surface area contributed by atoms with Gasteiger partial charge in [0.15, 0.2) is 0 Å². The van der Waals surface area contributed by atoms with Crippen LogP contribution in [0, 0.1) is 11.7 Å². The number of esters is 1. The quantitative estimate of drug-likeness (QED) is 0.598. The van der Waals surface area contributed by atoms with E-state index in [1.807, 2.05) is 0 Å². The van der Waals surface area contributed by atoms with Crippen molar-refractivity contribution in [1.82, 2.24) is 4.31 Å². The zero-order chi connectivity index (χ0) is 24.3. The second-order valence-corrected chi connectivity index (χ2v) is 10.7. The molecule has 1 amide bonds. The first-order valence-electron chi connectivity index (χ1n) is 11.6. The van der Waals surface area contributed by atoms with Crippen molar-refractivity contribution in [3.63, 3.8) is 0 Å². The minimum absolute atomic E-state index is 0.0660. The molecule has 2 aromatic carbocycles. The molecule has 9 heteroatoms. The number of ether oxygens (including phenoxy) is 1. The van der Waals surface area contributed by atoms with Crippen molar-refractivity contribution in [3.05, 3.63) is 59.4 Å². The Kier molecular flexibility index (Phi) is 7.33. The second kappa shape index (κ2) is 10.2. The maximum Gasteiger partial charge on any atom is 0.306 e. The fourth-order valence-corrected chi connectivity index (χ4v) is 6.37. The van der Waals surface area contributed by atoms with Crippen molar-refractivity contribution in [3.8, 4) is 0 Å². The molecule has 0 radical (unpaired) electrons. The average molecular weight is 489 g/mol. The molecule has 0 aromatic heterocycles. The van der Waals surface area contributed by atoms with Gasteiger partial charge < -0.3 is 10.1 Å². The van der Waals surface area contributed by atoms with Gasteiger partial charge in [0.2, 0.25) is 15.9 Å². The van der Waals surface area contributed by atoms with Gasteiger partial charge in [0.05, 0.1) is 17.9 Å². The largest absolute Gasteiger partial charge is 0.466 e. The van der Waals surface area contributed by atoms with Crippen molar-refractivity contribution in [2.75, 3.05) is 25.0 Å². The highest BCUT2D eigenvalue weighted by atomic mass is 32.2. The first kappa shape index (κ1) is 24.3. The fraction of sp³-hybridized carbons (Fsp3) is 0.440. The Bertz CT molecular complexity index is 1160. The number of rotatable bonds is 7. The summed E-state index contributed by atoms with van der Waals surface area (Å²) in [6.07, 6.45) is 2.20. The number of fused-ring (bicyclic) bond motifs is 1. The van der Waals surface area contributed by atoms with Crippen LogP contribution in [0.5, 0.6) is 0 Å². The molecular weight excluding hydrogens is 459 g/mol. The maximum atomic E-state index is 13.5. The van der Waals surface area contributed by atoms with Crippen molar-refractivity contribution < 1.29 is 27.1 Å². The van der Waals surface area contributed by atoms with Crippen LogP contribution < -0.4 is 5.32 Å². The Labute approximate surface area is 199 Å². The van der Waals surface area contributed by atoms with Gasteiger partial charge in [-0.25, -0.2) is 12.8 Å². The molecule has 0 aliphatic carbocycles. The lowest BCUT2D eigenvalue weighted by Crippen LogP contribution is -2.40. The van der Waals surface area contributed by atoms with Crippen LogP contribution in [0.4, 0.5) is 10.1 Å². The summed E-state index contributed by atoms with van der Waals surface area (Å²) in [5.74, 6) is -0.821. The Balaban J connectivity index is 1.48. The highest BCUT2D eigenvalue weighted by Gasteiger charge is 2.34. The minimum Gasteiger partial charge on any atom is -0.466 e. The van der Waals surface area contributed by atoms with Gasteiger partial charge in [-0.2, -0.15) is 4.31 Å². The van der Waals surface area contributed by atoms with Gasteiger partial charge in [0.25, 0.3) is 0 Å². The van der Waals surface area contributed by atoms with Crippen LogP contribution >= 0.6 is 0 Å². The standard InChI is InChI=1S/C25H29FN2O5S/c1-2-33-25(30)16-22(17-3-6-20(26)7-4-17)18-11-13-28(14-12-18)34(31,32)21-8-9-23-19(15-21)5-10-24(29)27-23/h3-4,6-9,15,18,22H,2,5,10-14,16H2,1H3,(H,27,29). The van der Waals surface area contributed by atoms with Gasteiger partial charge in [-0.1, -0.05) is 12.1 Å². The molecule has 4 rings (SSSR count). The third kappa shape index (κ3) is 5.31. The van der Waals surface area contributed by atoms with Crippen molar-refractivity contribution in [2.24, 2.45) is 5.92 Å². The Morgan fingerprint density at radius 3 is 2.53 bits per heavy atom. The van der Waals surface area contributed by atoms with Crippen LogP contribution in [0.3, 0.4) is 0 Å². The number of amides is 1. The number of nitrogens with zero attached hydrogens (tertiary/aromatic N) is 1. The van der Waals surface area contributed by atoms with E-state index in [2.05, 4.69) is 5.32 Å². The van der Waals surface area contributed by atoms with E-state index in [9.17, 15) is 22.4 Å². The van der Waals surface area contributed by atoms with Gasteiger partial charge in [-0.15, -0.1) is 0 Å². The second-order valence-electron chi connectivity index (χ2n) is 8.78. The summed E-state index contributed by atoms with van der Waals surface area (Å²) < 4.78 is 46.7. The molecule has 1 atom stereocenters. The summed E-state index contributed by atoms with van der Waals surface area (Å²) in [7, 11) is -3.68. The molecule has 0 bridgehead atoms. The predicted molar refractivity (Wildman–Crippen MR) is 125 cm³/mol. The van der Waals surface area contributed by atoms with Gasteiger partial charge >= 0.3 is 5.97 Å². The predicted octanol–water partition coefficient (Wildman–Crippen LogP) is 3.85. The number of anilines is 1. The Morgan fingerprint density at radius 2 is 1.85 bits per heavy atom. The van der Waals surface area contributed by atoms with Crippen molar-refractivity contribution in [2.45, 2.75) is 49.8 Å². The number of piperidine rings is 1. The van der Waals surface area contributed by atoms with Gasteiger partial charge in [0.1, 0.15) is 5.82 Å². The molecule has 2 aliphatic heterocycles. The Morgan fingerprint density at radius 1 is 1.15 bits per heavy atom. The maximum absolute atomic E-state index is 13.5. The lowest BCUT2D eigenvalue weighted by molar-refractivity contribution is -0.144. The summed E-state index contributed by atoms with van der Waals surface area (Å²) in [5, 5.41) is 2.77. The number of carbonyl (C=O) groups is 2. The van der Waals surface area contributed by atoms with E-state index in [-0.39, 0.29) is 47.5 Å². The van der Waals surface area contributed by atoms with Crippen LogP contribution in [0.1, 0.15) is 49.7 Å². The van der Waals surface area contributed by atoms with E-state index in [1.54, 1.807) is 31.2 Å².